The van der Waals surface area contributed by atoms with Crippen LogP contribution in [-0.2, 0) is 17.8 Å². The summed E-state index contributed by atoms with van der Waals surface area (Å²) >= 11 is 3.35. The third-order valence-corrected chi connectivity index (χ3v) is 3.26. The summed E-state index contributed by atoms with van der Waals surface area (Å²) < 4.78 is 8.16. The van der Waals surface area contributed by atoms with E-state index in [0.29, 0.717) is 18.8 Å². The lowest BCUT2D eigenvalue weighted by Gasteiger charge is -2.05. The summed E-state index contributed by atoms with van der Waals surface area (Å²) in [6, 6.07) is 6.56. The van der Waals surface area contributed by atoms with Crippen LogP contribution in [0, 0.1) is 0 Å². The van der Waals surface area contributed by atoms with Crippen LogP contribution < -0.4 is 10.5 Å². The van der Waals surface area contributed by atoms with E-state index < -0.39 is 12.0 Å². The monoisotopic (exact) mass is 354 g/mol. The Hall–Kier alpha value is -1.93. The van der Waals surface area contributed by atoms with E-state index in [9.17, 15) is 4.79 Å². The number of aromatic nitrogens is 3. The molecule has 112 valence electrons. The number of carboxylic acids is 1. The molecule has 0 amide bonds. The fourth-order valence-electron chi connectivity index (χ4n) is 1.64. The summed E-state index contributed by atoms with van der Waals surface area (Å²) in [6.07, 6.45) is 1.83. The molecule has 2 rings (SSSR count). The molecular formula is C13H15BrN4O3. The molecule has 1 unspecified atom stereocenters. The predicted molar refractivity (Wildman–Crippen MR) is 79.0 cm³/mol. The molecule has 0 saturated carbocycles. The van der Waals surface area contributed by atoms with Crippen LogP contribution in [0.3, 0.4) is 0 Å². The summed E-state index contributed by atoms with van der Waals surface area (Å²) in [6.45, 7) is 0.959. The minimum Gasteiger partial charge on any atom is -0.492 e. The van der Waals surface area contributed by atoms with Gasteiger partial charge in [0, 0.05) is 17.1 Å². The molecule has 21 heavy (non-hydrogen) atoms. The average molecular weight is 355 g/mol. The van der Waals surface area contributed by atoms with Gasteiger partial charge in [0.2, 0.25) is 0 Å². The van der Waals surface area contributed by atoms with Crippen LogP contribution in [0.4, 0.5) is 0 Å². The topological polar surface area (TPSA) is 103 Å². The van der Waals surface area contributed by atoms with Gasteiger partial charge in [-0.1, -0.05) is 21.1 Å². The van der Waals surface area contributed by atoms with Crippen LogP contribution >= 0.6 is 15.9 Å². The summed E-state index contributed by atoms with van der Waals surface area (Å²) in [5.74, 6) is -0.283. The summed E-state index contributed by atoms with van der Waals surface area (Å²) in [4.78, 5) is 10.7. The van der Waals surface area contributed by atoms with E-state index in [-0.39, 0.29) is 6.42 Å². The van der Waals surface area contributed by atoms with Gasteiger partial charge in [-0.3, -0.25) is 4.79 Å². The first kappa shape index (κ1) is 15.5. The fraction of sp³-hybridized carbons (Fsp3) is 0.308. The highest BCUT2D eigenvalue weighted by atomic mass is 79.9. The van der Waals surface area contributed by atoms with Crippen molar-refractivity contribution in [1.29, 1.82) is 0 Å². The summed E-state index contributed by atoms with van der Waals surface area (Å²) in [7, 11) is 0. The van der Waals surface area contributed by atoms with E-state index in [1.165, 1.54) is 0 Å². The van der Waals surface area contributed by atoms with Crippen molar-refractivity contribution in [2.45, 2.75) is 19.0 Å². The second-order valence-electron chi connectivity index (χ2n) is 4.42. The van der Waals surface area contributed by atoms with Crippen LogP contribution in [-0.4, -0.2) is 38.7 Å². The fourth-order valence-corrected chi connectivity index (χ4v) is 1.91. The Morgan fingerprint density at radius 1 is 1.43 bits per heavy atom. The number of aliphatic carboxylic acids is 1. The molecule has 1 atom stereocenters. The van der Waals surface area contributed by atoms with Crippen molar-refractivity contribution < 1.29 is 14.6 Å². The Morgan fingerprint density at radius 3 is 2.81 bits per heavy atom. The van der Waals surface area contributed by atoms with Crippen molar-refractivity contribution in [3.63, 3.8) is 0 Å². The van der Waals surface area contributed by atoms with Crippen molar-refractivity contribution in [3.8, 4) is 5.75 Å². The number of nitrogens with zero attached hydrogens (tertiary/aromatic N) is 3. The van der Waals surface area contributed by atoms with Crippen molar-refractivity contribution in [3.05, 3.63) is 40.6 Å². The second-order valence-corrected chi connectivity index (χ2v) is 5.34. The summed E-state index contributed by atoms with van der Waals surface area (Å²) in [5.41, 5.74) is 5.99. The zero-order chi connectivity index (χ0) is 15.2. The first-order valence-electron chi connectivity index (χ1n) is 6.30. The number of halogens is 1. The van der Waals surface area contributed by atoms with Crippen LogP contribution in [0.2, 0.25) is 0 Å². The highest BCUT2D eigenvalue weighted by molar-refractivity contribution is 9.10. The van der Waals surface area contributed by atoms with Crippen molar-refractivity contribution >= 4 is 21.9 Å². The molecule has 2 aromatic rings. The number of rotatable bonds is 7. The molecule has 0 fully saturated rings. The van der Waals surface area contributed by atoms with Crippen LogP contribution in [0.5, 0.6) is 5.75 Å². The molecule has 0 spiro atoms. The molecular weight excluding hydrogens is 340 g/mol. The molecule has 0 aliphatic heterocycles. The maximum atomic E-state index is 10.7. The van der Waals surface area contributed by atoms with Crippen molar-refractivity contribution in [2.75, 3.05) is 6.61 Å². The SMILES string of the molecule is NC(Cc1cn(CCOc2ccc(Br)cc2)nn1)C(=O)O. The minimum atomic E-state index is -1.05. The molecule has 0 bridgehead atoms. The van der Waals surface area contributed by atoms with Gasteiger partial charge in [0.1, 0.15) is 18.4 Å². The largest absolute Gasteiger partial charge is 0.492 e. The molecule has 0 aliphatic carbocycles. The highest BCUT2D eigenvalue weighted by Crippen LogP contribution is 2.15. The van der Waals surface area contributed by atoms with Gasteiger partial charge in [-0.05, 0) is 24.3 Å². The van der Waals surface area contributed by atoms with E-state index in [0.717, 1.165) is 10.2 Å². The van der Waals surface area contributed by atoms with Gasteiger partial charge in [0.15, 0.2) is 0 Å². The van der Waals surface area contributed by atoms with Gasteiger partial charge in [-0.15, -0.1) is 5.10 Å². The molecule has 8 heteroatoms. The van der Waals surface area contributed by atoms with Gasteiger partial charge >= 0.3 is 5.97 Å². The first-order chi connectivity index (χ1) is 10.0. The Balaban J connectivity index is 1.80. The number of benzene rings is 1. The lowest BCUT2D eigenvalue weighted by atomic mass is 10.2. The minimum absolute atomic E-state index is 0.156. The maximum Gasteiger partial charge on any atom is 0.320 e. The normalized spacial score (nSPS) is 12.1. The quantitative estimate of drug-likeness (QED) is 0.770. The molecule has 1 heterocycles. The Kier molecular flexibility index (Phi) is 5.29. The zero-order valence-electron chi connectivity index (χ0n) is 11.1. The molecule has 7 nitrogen and oxygen atoms in total. The smallest absolute Gasteiger partial charge is 0.320 e. The molecule has 3 N–H and O–H groups in total. The van der Waals surface area contributed by atoms with E-state index >= 15 is 0 Å². The van der Waals surface area contributed by atoms with Gasteiger partial charge in [-0.2, -0.15) is 0 Å². The number of carboxylic acid groups (broad SMARTS) is 1. The van der Waals surface area contributed by atoms with E-state index in [4.69, 9.17) is 15.6 Å². The Bertz CT molecular complexity index is 600. The highest BCUT2D eigenvalue weighted by Gasteiger charge is 2.14. The lowest BCUT2D eigenvalue weighted by molar-refractivity contribution is -0.138. The molecule has 1 aromatic carbocycles. The molecule has 0 aliphatic rings. The van der Waals surface area contributed by atoms with E-state index in [1.807, 2.05) is 24.3 Å². The van der Waals surface area contributed by atoms with E-state index in [1.54, 1.807) is 10.9 Å². The van der Waals surface area contributed by atoms with Crippen LogP contribution in [0.15, 0.2) is 34.9 Å². The number of carbonyl (C=O) groups is 1. The van der Waals surface area contributed by atoms with Gasteiger partial charge in [0.25, 0.3) is 0 Å². The molecule has 0 saturated heterocycles. The Labute approximate surface area is 129 Å². The van der Waals surface area contributed by atoms with Crippen molar-refractivity contribution in [1.82, 2.24) is 15.0 Å². The zero-order valence-corrected chi connectivity index (χ0v) is 12.7. The molecule has 0 radical (unpaired) electrons. The third-order valence-electron chi connectivity index (χ3n) is 2.74. The van der Waals surface area contributed by atoms with Gasteiger partial charge in [0.05, 0.1) is 12.2 Å². The van der Waals surface area contributed by atoms with Crippen LogP contribution in [0.1, 0.15) is 5.69 Å². The van der Waals surface area contributed by atoms with Crippen molar-refractivity contribution in [2.24, 2.45) is 5.73 Å². The molecule has 1 aromatic heterocycles. The lowest BCUT2D eigenvalue weighted by Crippen LogP contribution is -2.32. The van der Waals surface area contributed by atoms with Gasteiger partial charge in [-0.25, -0.2) is 4.68 Å². The van der Waals surface area contributed by atoms with E-state index in [2.05, 4.69) is 26.2 Å². The standard InChI is InChI=1S/C13H15BrN4O3/c14-9-1-3-11(4-2-9)21-6-5-18-8-10(16-17-18)7-12(15)13(19)20/h1-4,8,12H,5-7,15H2,(H,19,20). The number of hydrogen-bond donors (Lipinski definition) is 2. The number of hydrogen-bond acceptors (Lipinski definition) is 5. The summed E-state index contributed by atoms with van der Waals surface area (Å²) in [5, 5.41) is 16.5. The van der Waals surface area contributed by atoms with Gasteiger partial charge < -0.3 is 15.6 Å². The number of nitrogens with two attached hydrogens (primary N) is 1. The third kappa shape index (κ3) is 4.83. The maximum absolute atomic E-state index is 10.7. The Morgan fingerprint density at radius 2 is 2.14 bits per heavy atom. The first-order valence-corrected chi connectivity index (χ1v) is 7.09. The van der Waals surface area contributed by atoms with Crippen LogP contribution in [0.25, 0.3) is 0 Å². The predicted octanol–water partition coefficient (Wildman–Crippen LogP) is 1.07. The number of ether oxygens (including phenoxy) is 1. The second kappa shape index (κ2) is 7.19. The average Bonchev–Trinajstić information content (AvgIpc) is 2.88.